The van der Waals surface area contributed by atoms with Crippen molar-refractivity contribution in [1.82, 2.24) is 5.32 Å². The minimum atomic E-state index is -0.0853. The van der Waals surface area contributed by atoms with E-state index in [0.717, 1.165) is 6.54 Å². The van der Waals surface area contributed by atoms with E-state index in [4.69, 9.17) is 4.74 Å². The summed E-state index contributed by atoms with van der Waals surface area (Å²) >= 11 is 0. The van der Waals surface area contributed by atoms with E-state index in [1.807, 2.05) is 0 Å². The number of rotatable bonds is 9. The van der Waals surface area contributed by atoms with Crippen molar-refractivity contribution < 1.29 is 9.53 Å². The molecule has 2 atom stereocenters. The van der Waals surface area contributed by atoms with Crippen LogP contribution < -0.4 is 5.32 Å². The molecule has 0 aromatic rings. The van der Waals surface area contributed by atoms with Crippen LogP contribution in [-0.2, 0) is 9.53 Å². The smallest absolute Gasteiger partial charge is 0.323 e. The van der Waals surface area contributed by atoms with Gasteiger partial charge in [-0.3, -0.25) is 4.79 Å². The van der Waals surface area contributed by atoms with Gasteiger partial charge in [-0.1, -0.05) is 33.1 Å². The number of carbonyl (C=O) groups excluding carboxylic acids is 1. The Hall–Kier alpha value is -0.570. The Morgan fingerprint density at radius 2 is 2.12 bits per heavy atom. The summed E-state index contributed by atoms with van der Waals surface area (Å²) in [5.41, 5.74) is 0. The maximum Gasteiger partial charge on any atom is 0.323 e. The Morgan fingerprint density at radius 1 is 1.41 bits per heavy atom. The maximum absolute atomic E-state index is 11.6. The van der Waals surface area contributed by atoms with Crippen LogP contribution in [0.3, 0.4) is 0 Å². The fraction of sp³-hybridized carbons (Fsp3) is 0.929. The lowest BCUT2D eigenvalue weighted by Crippen LogP contribution is -2.41. The van der Waals surface area contributed by atoms with Crippen molar-refractivity contribution in [2.24, 2.45) is 11.8 Å². The SMILES string of the molecule is CCCCC(CC)CNC(C(=O)OC)C1CC1. The van der Waals surface area contributed by atoms with Crippen LogP contribution in [0.25, 0.3) is 0 Å². The Bertz CT molecular complexity index is 226. The number of carbonyl (C=O) groups is 1. The molecule has 2 unspecified atom stereocenters. The second kappa shape index (κ2) is 7.70. The lowest BCUT2D eigenvalue weighted by Gasteiger charge is -2.20. The summed E-state index contributed by atoms with van der Waals surface area (Å²) in [5.74, 6) is 1.13. The first-order valence-corrected chi connectivity index (χ1v) is 7.04. The van der Waals surface area contributed by atoms with Crippen LogP contribution in [-0.4, -0.2) is 25.7 Å². The van der Waals surface area contributed by atoms with Gasteiger partial charge in [0, 0.05) is 0 Å². The molecule has 1 aliphatic rings. The normalized spacial score (nSPS) is 18.8. The molecule has 1 aliphatic carbocycles. The molecule has 100 valence electrons. The average Bonchev–Trinajstić information content (AvgIpc) is 3.17. The summed E-state index contributed by atoms with van der Waals surface area (Å²) in [5, 5.41) is 3.42. The Morgan fingerprint density at radius 3 is 2.59 bits per heavy atom. The lowest BCUT2D eigenvalue weighted by molar-refractivity contribution is -0.143. The summed E-state index contributed by atoms with van der Waals surface area (Å²) in [6.07, 6.45) is 7.31. The van der Waals surface area contributed by atoms with Gasteiger partial charge in [0.25, 0.3) is 0 Å². The Balaban J connectivity index is 2.31. The molecule has 3 nitrogen and oxygen atoms in total. The zero-order chi connectivity index (χ0) is 12.7. The highest BCUT2D eigenvalue weighted by atomic mass is 16.5. The molecule has 0 aromatic carbocycles. The summed E-state index contributed by atoms with van der Waals surface area (Å²) < 4.78 is 4.86. The first kappa shape index (κ1) is 14.5. The van der Waals surface area contributed by atoms with E-state index in [0.29, 0.717) is 11.8 Å². The van der Waals surface area contributed by atoms with Crippen LogP contribution in [0.1, 0.15) is 52.4 Å². The van der Waals surface area contributed by atoms with Crippen molar-refractivity contribution in [2.75, 3.05) is 13.7 Å². The molecular weight excluding hydrogens is 214 g/mol. The van der Waals surface area contributed by atoms with Crippen molar-refractivity contribution in [3.63, 3.8) is 0 Å². The van der Waals surface area contributed by atoms with Gasteiger partial charge in [-0.05, 0) is 37.6 Å². The molecule has 17 heavy (non-hydrogen) atoms. The van der Waals surface area contributed by atoms with Gasteiger partial charge in [-0.15, -0.1) is 0 Å². The monoisotopic (exact) mass is 241 g/mol. The molecular formula is C14H27NO2. The third-order valence-electron chi connectivity index (χ3n) is 3.72. The van der Waals surface area contributed by atoms with Crippen LogP contribution in [0.15, 0.2) is 0 Å². The molecule has 0 saturated heterocycles. The van der Waals surface area contributed by atoms with Gasteiger partial charge in [0.2, 0.25) is 0 Å². The molecule has 1 rings (SSSR count). The molecule has 3 heteroatoms. The van der Waals surface area contributed by atoms with Crippen molar-refractivity contribution in [2.45, 2.75) is 58.4 Å². The van der Waals surface area contributed by atoms with Crippen molar-refractivity contribution in [3.8, 4) is 0 Å². The molecule has 0 aromatic heterocycles. The number of methoxy groups -OCH3 is 1. The van der Waals surface area contributed by atoms with Crippen molar-refractivity contribution >= 4 is 5.97 Å². The number of unbranched alkanes of at least 4 members (excludes halogenated alkanes) is 1. The summed E-state index contributed by atoms with van der Waals surface area (Å²) in [7, 11) is 1.48. The summed E-state index contributed by atoms with van der Waals surface area (Å²) in [6.45, 7) is 5.40. The number of nitrogens with one attached hydrogen (secondary N) is 1. The topological polar surface area (TPSA) is 38.3 Å². The predicted octanol–water partition coefficient (Wildman–Crippen LogP) is 2.74. The molecule has 1 fully saturated rings. The summed E-state index contributed by atoms with van der Waals surface area (Å²) in [4.78, 5) is 11.6. The highest BCUT2D eigenvalue weighted by Crippen LogP contribution is 2.33. The number of hydrogen-bond donors (Lipinski definition) is 1. The van der Waals surface area contributed by atoms with Gasteiger partial charge in [-0.25, -0.2) is 0 Å². The predicted molar refractivity (Wildman–Crippen MR) is 69.8 cm³/mol. The van der Waals surface area contributed by atoms with E-state index in [2.05, 4.69) is 19.2 Å². The van der Waals surface area contributed by atoms with Gasteiger partial charge in [-0.2, -0.15) is 0 Å². The third-order valence-corrected chi connectivity index (χ3v) is 3.72. The van der Waals surface area contributed by atoms with E-state index in [1.165, 1.54) is 45.6 Å². The Labute approximate surface area is 105 Å². The van der Waals surface area contributed by atoms with E-state index in [1.54, 1.807) is 0 Å². The fourth-order valence-corrected chi connectivity index (χ4v) is 2.24. The minimum absolute atomic E-state index is 0.0596. The first-order valence-electron chi connectivity index (χ1n) is 7.04. The highest BCUT2D eigenvalue weighted by Gasteiger charge is 2.36. The van der Waals surface area contributed by atoms with Crippen molar-refractivity contribution in [3.05, 3.63) is 0 Å². The quantitative estimate of drug-likeness (QED) is 0.631. The second-order valence-corrected chi connectivity index (χ2v) is 5.16. The maximum atomic E-state index is 11.6. The Kier molecular flexibility index (Phi) is 6.56. The molecule has 0 amide bonds. The van der Waals surface area contributed by atoms with Crippen LogP contribution in [0.2, 0.25) is 0 Å². The zero-order valence-electron chi connectivity index (χ0n) is 11.5. The second-order valence-electron chi connectivity index (χ2n) is 5.16. The number of hydrogen-bond acceptors (Lipinski definition) is 3. The van der Waals surface area contributed by atoms with Gasteiger partial charge < -0.3 is 10.1 Å². The zero-order valence-corrected chi connectivity index (χ0v) is 11.5. The van der Waals surface area contributed by atoms with E-state index in [9.17, 15) is 4.79 Å². The molecule has 0 heterocycles. The number of esters is 1. The van der Waals surface area contributed by atoms with Crippen LogP contribution >= 0.6 is 0 Å². The van der Waals surface area contributed by atoms with E-state index < -0.39 is 0 Å². The minimum Gasteiger partial charge on any atom is -0.468 e. The molecule has 0 aliphatic heterocycles. The first-order chi connectivity index (χ1) is 8.22. The van der Waals surface area contributed by atoms with Crippen LogP contribution in [0.4, 0.5) is 0 Å². The third kappa shape index (κ3) is 5.07. The lowest BCUT2D eigenvalue weighted by atomic mass is 9.98. The van der Waals surface area contributed by atoms with E-state index in [-0.39, 0.29) is 12.0 Å². The van der Waals surface area contributed by atoms with Crippen LogP contribution in [0.5, 0.6) is 0 Å². The molecule has 1 N–H and O–H groups in total. The molecule has 0 spiro atoms. The molecule has 0 bridgehead atoms. The van der Waals surface area contributed by atoms with E-state index >= 15 is 0 Å². The summed E-state index contributed by atoms with van der Waals surface area (Å²) in [6, 6.07) is -0.0596. The van der Waals surface area contributed by atoms with Gasteiger partial charge >= 0.3 is 5.97 Å². The largest absolute Gasteiger partial charge is 0.468 e. The van der Waals surface area contributed by atoms with Crippen LogP contribution in [0, 0.1) is 11.8 Å². The van der Waals surface area contributed by atoms with Crippen molar-refractivity contribution in [1.29, 1.82) is 0 Å². The molecule has 1 saturated carbocycles. The standard InChI is InChI=1S/C14H27NO2/c1-4-6-7-11(5-2)10-15-13(12-8-9-12)14(16)17-3/h11-13,15H,4-10H2,1-3H3. The van der Waals surface area contributed by atoms with Gasteiger partial charge in [0.15, 0.2) is 0 Å². The highest BCUT2D eigenvalue weighted by molar-refractivity contribution is 5.76. The average molecular weight is 241 g/mol. The molecule has 0 radical (unpaired) electrons. The fourth-order valence-electron chi connectivity index (χ4n) is 2.24. The number of ether oxygens (including phenoxy) is 1. The van der Waals surface area contributed by atoms with Gasteiger partial charge in [0.1, 0.15) is 6.04 Å². The van der Waals surface area contributed by atoms with Gasteiger partial charge in [0.05, 0.1) is 7.11 Å².